The molecule has 0 aliphatic heterocycles. The molecule has 138 valence electrons. The second-order valence-electron chi connectivity index (χ2n) is 5.66. The number of nitrogens with one attached hydrogen (secondary N) is 1. The highest BCUT2D eigenvalue weighted by molar-refractivity contribution is 7.90. The van der Waals surface area contributed by atoms with E-state index in [-0.39, 0.29) is 17.0 Å². The number of amides is 1. The molecule has 1 amide bonds. The molecule has 2 aromatic rings. The average molecular weight is 397 g/mol. The van der Waals surface area contributed by atoms with Crippen LogP contribution in [0.5, 0.6) is 0 Å². The Balaban J connectivity index is 2.10. The van der Waals surface area contributed by atoms with Gasteiger partial charge in [0.05, 0.1) is 9.82 Å². The third-order valence-corrected chi connectivity index (χ3v) is 5.47. The van der Waals surface area contributed by atoms with Crippen LogP contribution >= 0.6 is 11.6 Å². The van der Waals surface area contributed by atoms with E-state index < -0.39 is 26.8 Å². The highest BCUT2D eigenvalue weighted by Gasteiger charge is 2.24. The van der Waals surface area contributed by atoms with Gasteiger partial charge in [0.2, 0.25) is 5.91 Å². The fourth-order valence-corrected chi connectivity index (χ4v) is 3.52. The second-order valence-corrected chi connectivity index (χ2v) is 7.78. The molecule has 0 aliphatic rings. The summed E-state index contributed by atoms with van der Waals surface area (Å²) in [5, 5.41) is 11.1. The maximum Gasteiger partial charge on any atom is 0.269 e. The minimum Gasteiger partial charge on any atom is -0.274 e. The standard InChI is InChI=1S/C17H17ClN2O5S/c1-2-13(11-12-3-7-15(8-4-12)20(22)23)17(21)19-26(24,25)16-9-5-14(18)6-10-16/h3-10,13H,2,11H2,1H3,(H,19,21). The Bertz CT molecular complexity index is 896. The summed E-state index contributed by atoms with van der Waals surface area (Å²) in [6, 6.07) is 11.3. The molecule has 2 rings (SSSR count). The van der Waals surface area contributed by atoms with E-state index in [9.17, 15) is 23.3 Å². The van der Waals surface area contributed by atoms with E-state index in [0.29, 0.717) is 17.0 Å². The number of carbonyl (C=O) groups excluding carboxylic acids is 1. The lowest BCUT2D eigenvalue weighted by Gasteiger charge is -2.15. The predicted octanol–water partition coefficient (Wildman–Crippen LogP) is 3.32. The molecule has 0 aromatic heterocycles. The topological polar surface area (TPSA) is 106 Å². The van der Waals surface area contributed by atoms with Gasteiger partial charge in [0.25, 0.3) is 15.7 Å². The van der Waals surface area contributed by atoms with Crippen LogP contribution in [-0.2, 0) is 21.2 Å². The molecule has 9 heteroatoms. The Hall–Kier alpha value is -2.45. The van der Waals surface area contributed by atoms with E-state index in [0.717, 1.165) is 0 Å². The van der Waals surface area contributed by atoms with Crippen LogP contribution in [0.25, 0.3) is 0 Å². The van der Waals surface area contributed by atoms with Crippen molar-refractivity contribution < 1.29 is 18.1 Å². The molecule has 1 atom stereocenters. The summed E-state index contributed by atoms with van der Waals surface area (Å²) in [6.07, 6.45) is 0.690. The number of hydrogen-bond donors (Lipinski definition) is 1. The predicted molar refractivity (Wildman–Crippen MR) is 97.4 cm³/mol. The number of nitro groups is 1. The number of nitro benzene ring substituents is 1. The van der Waals surface area contributed by atoms with Crippen molar-refractivity contribution in [1.82, 2.24) is 4.72 Å². The SMILES string of the molecule is CCC(Cc1ccc([N+](=O)[O-])cc1)C(=O)NS(=O)(=O)c1ccc(Cl)cc1. The first-order valence-corrected chi connectivity index (χ1v) is 9.64. The summed E-state index contributed by atoms with van der Waals surface area (Å²) in [5.74, 6) is -1.21. The van der Waals surface area contributed by atoms with Gasteiger partial charge >= 0.3 is 0 Å². The summed E-state index contributed by atoms with van der Waals surface area (Å²) < 4.78 is 26.7. The molecule has 1 N–H and O–H groups in total. The molecule has 0 fully saturated rings. The van der Waals surface area contributed by atoms with Crippen molar-refractivity contribution in [3.63, 3.8) is 0 Å². The van der Waals surface area contributed by atoms with E-state index in [1.807, 2.05) is 0 Å². The van der Waals surface area contributed by atoms with Gasteiger partial charge in [0, 0.05) is 23.1 Å². The van der Waals surface area contributed by atoms with Crippen molar-refractivity contribution in [2.75, 3.05) is 0 Å². The van der Waals surface area contributed by atoms with Gasteiger partial charge in [-0.1, -0.05) is 30.7 Å². The number of carbonyl (C=O) groups is 1. The Morgan fingerprint density at radius 2 is 1.73 bits per heavy atom. The lowest BCUT2D eigenvalue weighted by Crippen LogP contribution is -2.36. The van der Waals surface area contributed by atoms with Crippen LogP contribution in [0.4, 0.5) is 5.69 Å². The van der Waals surface area contributed by atoms with Gasteiger partial charge in [-0.2, -0.15) is 0 Å². The third kappa shape index (κ3) is 5.03. The maximum absolute atomic E-state index is 12.4. The Morgan fingerprint density at radius 3 is 2.23 bits per heavy atom. The highest BCUT2D eigenvalue weighted by Crippen LogP contribution is 2.18. The van der Waals surface area contributed by atoms with Crippen LogP contribution in [-0.4, -0.2) is 19.2 Å². The summed E-state index contributed by atoms with van der Waals surface area (Å²) in [6.45, 7) is 1.77. The summed E-state index contributed by atoms with van der Waals surface area (Å²) in [5.41, 5.74) is 0.665. The molecule has 0 radical (unpaired) electrons. The maximum atomic E-state index is 12.4. The van der Waals surface area contributed by atoms with Crippen molar-refractivity contribution in [3.05, 3.63) is 69.2 Å². The largest absolute Gasteiger partial charge is 0.274 e. The molecular formula is C17H17ClN2O5S. The average Bonchev–Trinajstić information content (AvgIpc) is 2.60. The van der Waals surface area contributed by atoms with Gasteiger partial charge in [0.15, 0.2) is 0 Å². The van der Waals surface area contributed by atoms with Crippen molar-refractivity contribution in [2.45, 2.75) is 24.7 Å². The molecule has 0 saturated heterocycles. The molecule has 7 nitrogen and oxygen atoms in total. The lowest BCUT2D eigenvalue weighted by atomic mass is 9.96. The van der Waals surface area contributed by atoms with Gasteiger partial charge in [0.1, 0.15) is 0 Å². The zero-order valence-electron chi connectivity index (χ0n) is 13.9. The Kier molecular flexibility index (Phi) is 6.33. The van der Waals surface area contributed by atoms with Crippen molar-refractivity contribution in [1.29, 1.82) is 0 Å². The summed E-state index contributed by atoms with van der Waals surface area (Å²) in [4.78, 5) is 22.5. The smallest absolute Gasteiger partial charge is 0.269 e. The Labute approximate surface area is 156 Å². The molecule has 0 spiro atoms. The van der Waals surface area contributed by atoms with Crippen LogP contribution in [0.1, 0.15) is 18.9 Å². The van der Waals surface area contributed by atoms with E-state index >= 15 is 0 Å². The molecule has 0 heterocycles. The number of non-ortho nitro benzene ring substituents is 1. The minimum absolute atomic E-state index is 0.0448. The number of hydrogen-bond acceptors (Lipinski definition) is 5. The van der Waals surface area contributed by atoms with E-state index in [1.54, 1.807) is 19.1 Å². The molecule has 2 aromatic carbocycles. The molecule has 0 saturated carbocycles. The van der Waals surface area contributed by atoms with Crippen LogP contribution in [0.3, 0.4) is 0 Å². The second kappa shape index (κ2) is 8.29. The number of halogens is 1. The Morgan fingerprint density at radius 1 is 1.15 bits per heavy atom. The number of rotatable bonds is 7. The van der Waals surface area contributed by atoms with E-state index in [4.69, 9.17) is 11.6 Å². The van der Waals surface area contributed by atoms with Gasteiger partial charge in [-0.25, -0.2) is 13.1 Å². The molecular weight excluding hydrogens is 380 g/mol. The monoisotopic (exact) mass is 396 g/mol. The zero-order valence-corrected chi connectivity index (χ0v) is 15.5. The molecule has 0 aliphatic carbocycles. The number of benzene rings is 2. The van der Waals surface area contributed by atoms with Crippen molar-refractivity contribution in [2.24, 2.45) is 5.92 Å². The van der Waals surface area contributed by atoms with Gasteiger partial charge in [-0.05, 0) is 42.7 Å². The van der Waals surface area contributed by atoms with Crippen molar-refractivity contribution >= 4 is 33.2 Å². The quantitative estimate of drug-likeness (QED) is 0.570. The third-order valence-electron chi connectivity index (χ3n) is 3.85. The number of nitrogens with zero attached hydrogens (tertiary/aromatic N) is 1. The molecule has 0 bridgehead atoms. The fraction of sp³-hybridized carbons (Fsp3) is 0.235. The zero-order chi connectivity index (χ0) is 19.3. The summed E-state index contributed by atoms with van der Waals surface area (Å²) >= 11 is 5.74. The van der Waals surface area contributed by atoms with Crippen LogP contribution in [0.2, 0.25) is 5.02 Å². The molecule has 1 unspecified atom stereocenters. The van der Waals surface area contributed by atoms with Gasteiger partial charge in [-0.3, -0.25) is 14.9 Å². The first-order chi connectivity index (χ1) is 12.2. The van der Waals surface area contributed by atoms with E-state index in [1.165, 1.54) is 36.4 Å². The molecule has 26 heavy (non-hydrogen) atoms. The highest BCUT2D eigenvalue weighted by atomic mass is 35.5. The fourth-order valence-electron chi connectivity index (χ4n) is 2.35. The van der Waals surface area contributed by atoms with Crippen molar-refractivity contribution in [3.8, 4) is 0 Å². The first-order valence-electron chi connectivity index (χ1n) is 7.78. The summed E-state index contributed by atoms with van der Waals surface area (Å²) in [7, 11) is -3.99. The van der Waals surface area contributed by atoms with Crippen LogP contribution in [0, 0.1) is 16.0 Å². The van der Waals surface area contributed by atoms with Gasteiger partial charge in [-0.15, -0.1) is 0 Å². The van der Waals surface area contributed by atoms with E-state index in [2.05, 4.69) is 4.72 Å². The minimum atomic E-state index is -3.99. The van der Waals surface area contributed by atoms with Gasteiger partial charge < -0.3 is 0 Å². The van der Waals surface area contributed by atoms with Crippen LogP contribution in [0.15, 0.2) is 53.4 Å². The lowest BCUT2D eigenvalue weighted by molar-refractivity contribution is -0.384. The normalized spacial score (nSPS) is 12.4. The van der Waals surface area contributed by atoms with Crippen LogP contribution < -0.4 is 4.72 Å². The first kappa shape index (κ1) is 19.9. The number of sulfonamides is 1.